The van der Waals surface area contributed by atoms with Crippen LogP contribution >= 0.6 is 34.2 Å². The maximum Gasteiger partial charge on any atom is 0.223 e. The predicted molar refractivity (Wildman–Crippen MR) is 92.7 cm³/mol. The zero-order valence-electron chi connectivity index (χ0n) is 11.0. The molecule has 0 bridgehead atoms. The van der Waals surface area contributed by atoms with Crippen LogP contribution in [0.1, 0.15) is 13.3 Å². The van der Waals surface area contributed by atoms with Crippen molar-refractivity contribution < 1.29 is 0 Å². The molecule has 0 aliphatic heterocycles. The fraction of sp³-hybridized carbons (Fsp3) is 0.231. The highest BCUT2D eigenvalue weighted by molar-refractivity contribution is 14.1. The molecule has 1 aromatic heterocycles. The van der Waals surface area contributed by atoms with Crippen molar-refractivity contribution in [2.75, 3.05) is 22.9 Å². The lowest BCUT2D eigenvalue weighted by molar-refractivity contribution is 0.967. The Morgan fingerprint density at radius 2 is 2.00 bits per heavy atom. The number of nitrogens with zero attached hydrogens (tertiary/aromatic N) is 2. The van der Waals surface area contributed by atoms with Gasteiger partial charge in [0.05, 0.1) is 10.7 Å². The quantitative estimate of drug-likeness (QED) is 0.661. The number of benzene rings is 1. The molecule has 1 heterocycles. The maximum absolute atomic E-state index is 6.19. The van der Waals surface area contributed by atoms with Crippen LogP contribution in [-0.4, -0.2) is 16.5 Å². The van der Waals surface area contributed by atoms with Crippen molar-refractivity contribution in [3.63, 3.8) is 0 Å². The lowest BCUT2D eigenvalue weighted by Gasteiger charge is -2.10. The van der Waals surface area contributed by atoms with E-state index in [2.05, 4.69) is 50.1 Å². The lowest BCUT2D eigenvalue weighted by atomic mass is 10.3. The highest BCUT2D eigenvalue weighted by Crippen LogP contribution is 2.27. The van der Waals surface area contributed by atoms with E-state index >= 15 is 0 Å². The van der Waals surface area contributed by atoms with Crippen molar-refractivity contribution in [2.45, 2.75) is 13.3 Å². The van der Waals surface area contributed by atoms with Gasteiger partial charge in [-0.05, 0) is 47.2 Å². The third-order valence-electron chi connectivity index (χ3n) is 2.49. The van der Waals surface area contributed by atoms with Crippen LogP contribution in [0.5, 0.6) is 0 Å². The molecule has 20 heavy (non-hydrogen) atoms. The summed E-state index contributed by atoms with van der Waals surface area (Å²) in [5.74, 6) is 1.53. The molecule has 5 nitrogen and oxygen atoms in total. The summed E-state index contributed by atoms with van der Waals surface area (Å²) >= 11 is 8.40. The van der Waals surface area contributed by atoms with Gasteiger partial charge in [0.25, 0.3) is 0 Å². The lowest BCUT2D eigenvalue weighted by Crippen LogP contribution is -2.07. The Balaban J connectivity index is 2.21. The smallest absolute Gasteiger partial charge is 0.223 e. The molecule has 0 radical (unpaired) electrons. The van der Waals surface area contributed by atoms with E-state index in [9.17, 15) is 0 Å². The molecule has 0 unspecified atom stereocenters. The van der Waals surface area contributed by atoms with Gasteiger partial charge in [-0.25, -0.2) is 0 Å². The monoisotopic (exact) mass is 403 g/mol. The summed E-state index contributed by atoms with van der Waals surface area (Å²) in [4.78, 5) is 8.29. The first-order valence-electron chi connectivity index (χ1n) is 6.19. The average Bonchev–Trinajstić information content (AvgIpc) is 2.39. The first kappa shape index (κ1) is 15.1. The van der Waals surface area contributed by atoms with Crippen LogP contribution < -0.4 is 16.4 Å². The summed E-state index contributed by atoms with van der Waals surface area (Å²) in [5, 5.41) is 6.97. The number of nitrogen functional groups attached to an aromatic ring is 1. The van der Waals surface area contributed by atoms with E-state index in [1.165, 1.54) is 0 Å². The van der Waals surface area contributed by atoms with Gasteiger partial charge in [-0.2, -0.15) is 9.97 Å². The normalized spacial score (nSPS) is 10.3. The molecule has 0 aliphatic carbocycles. The molecule has 0 aliphatic rings. The number of nitrogens with two attached hydrogens (primary N) is 1. The van der Waals surface area contributed by atoms with Crippen LogP contribution in [0.4, 0.5) is 23.3 Å². The Labute approximate surface area is 136 Å². The minimum absolute atomic E-state index is 0.218. The fourth-order valence-electron chi connectivity index (χ4n) is 1.60. The minimum atomic E-state index is 0.218. The average molecular weight is 404 g/mol. The van der Waals surface area contributed by atoms with Crippen LogP contribution in [-0.2, 0) is 0 Å². The second kappa shape index (κ2) is 6.94. The van der Waals surface area contributed by atoms with Crippen LogP contribution in [0.3, 0.4) is 0 Å². The molecule has 106 valence electrons. The van der Waals surface area contributed by atoms with E-state index in [1.54, 1.807) is 6.07 Å². The largest absolute Gasteiger partial charge is 0.370 e. The molecule has 0 fully saturated rings. The first-order chi connectivity index (χ1) is 9.58. The zero-order valence-corrected chi connectivity index (χ0v) is 13.9. The SMILES string of the molecule is CCCNc1cc(Nc2ccc(I)cc2Cl)nc(N)n1. The summed E-state index contributed by atoms with van der Waals surface area (Å²) in [7, 11) is 0. The van der Waals surface area contributed by atoms with Crippen molar-refractivity contribution in [1.82, 2.24) is 9.97 Å². The number of aromatic nitrogens is 2. The molecule has 0 saturated heterocycles. The van der Waals surface area contributed by atoms with Crippen molar-refractivity contribution in [3.8, 4) is 0 Å². The second-order valence-corrected chi connectivity index (χ2v) is 5.83. The van der Waals surface area contributed by atoms with Crippen molar-refractivity contribution in [2.24, 2.45) is 0 Å². The molecule has 2 aromatic rings. The Morgan fingerprint density at radius 3 is 2.70 bits per heavy atom. The van der Waals surface area contributed by atoms with Gasteiger partial charge in [0.1, 0.15) is 11.6 Å². The van der Waals surface area contributed by atoms with E-state index in [0.29, 0.717) is 16.7 Å². The van der Waals surface area contributed by atoms with Gasteiger partial charge in [-0.1, -0.05) is 18.5 Å². The van der Waals surface area contributed by atoms with Crippen LogP contribution in [0.25, 0.3) is 0 Å². The Bertz CT molecular complexity index is 605. The van der Waals surface area contributed by atoms with Crippen LogP contribution in [0.15, 0.2) is 24.3 Å². The molecule has 0 atom stereocenters. The van der Waals surface area contributed by atoms with E-state index in [0.717, 1.165) is 22.2 Å². The third kappa shape index (κ3) is 4.11. The van der Waals surface area contributed by atoms with E-state index in [4.69, 9.17) is 17.3 Å². The number of hydrogen-bond acceptors (Lipinski definition) is 5. The van der Waals surface area contributed by atoms with Gasteiger partial charge < -0.3 is 16.4 Å². The molecule has 0 saturated carbocycles. The Hall–Kier alpha value is -1.28. The van der Waals surface area contributed by atoms with Crippen LogP contribution in [0.2, 0.25) is 5.02 Å². The van der Waals surface area contributed by atoms with Gasteiger partial charge in [-0.3, -0.25) is 0 Å². The molecule has 0 amide bonds. The maximum atomic E-state index is 6.19. The first-order valence-corrected chi connectivity index (χ1v) is 7.64. The van der Waals surface area contributed by atoms with Gasteiger partial charge >= 0.3 is 0 Å². The minimum Gasteiger partial charge on any atom is -0.370 e. The Morgan fingerprint density at radius 1 is 1.25 bits per heavy atom. The van der Waals surface area contributed by atoms with E-state index < -0.39 is 0 Å². The highest BCUT2D eigenvalue weighted by Gasteiger charge is 2.05. The molecule has 2 rings (SSSR count). The fourth-order valence-corrected chi connectivity index (χ4v) is 2.51. The summed E-state index contributed by atoms with van der Waals surface area (Å²) in [6, 6.07) is 7.56. The number of anilines is 4. The van der Waals surface area contributed by atoms with Gasteiger partial charge in [0.2, 0.25) is 5.95 Å². The predicted octanol–water partition coefficient (Wildman–Crippen LogP) is 3.88. The van der Waals surface area contributed by atoms with E-state index in [-0.39, 0.29) is 5.95 Å². The number of nitrogens with one attached hydrogen (secondary N) is 2. The van der Waals surface area contributed by atoms with Crippen molar-refractivity contribution in [1.29, 1.82) is 0 Å². The van der Waals surface area contributed by atoms with E-state index in [1.807, 2.05) is 18.2 Å². The summed E-state index contributed by atoms with van der Waals surface area (Å²) < 4.78 is 1.07. The Kier molecular flexibility index (Phi) is 5.24. The third-order valence-corrected chi connectivity index (χ3v) is 3.48. The number of rotatable bonds is 5. The summed E-state index contributed by atoms with van der Waals surface area (Å²) in [6.45, 7) is 2.92. The number of hydrogen-bond donors (Lipinski definition) is 3. The van der Waals surface area contributed by atoms with Crippen LogP contribution in [0, 0.1) is 3.57 Å². The van der Waals surface area contributed by atoms with Gasteiger partial charge in [-0.15, -0.1) is 0 Å². The van der Waals surface area contributed by atoms with Gasteiger partial charge in [0.15, 0.2) is 0 Å². The highest BCUT2D eigenvalue weighted by atomic mass is 127. The molecular formula is C13H15ClIN5. The second-order valence-electron chi connectivity index (χ2n) is 4.17. The molecule has 0 spiro atoms. The standard InChI is InChI=1S/C13H15ClIN5/c1-2-5-17-11-7-12(20-13(16)19-11)18-10-4-3-8(15)6-9(10)14/h3-4,6-7H,2,5H2,1H3,(H4,16,17,18,19,20). The molecule has 1 aromatic carbocycles. The van der Waals surface area contributed by atoms with Gasteiger partial charge in [0, 0.05) is 16.2 Å². The van der Waals surface area contributed by atoms with Crippen molar-refractivity contribution in [3.05, 3.63) is 32.9 Å². The summed E-state index contributed by atoms with van der Waals surface area (Å²) in [6.07, 6.45) is 1.01. The molecule has 7 heteroatoms. The van der Waals surface area contributed by atoms with Crippen molar-refractivity contribution >= 4 is 57.5 Å². The topological polar surface area (TPSA) is 75.9 Å². The molecular weight excluding hydrogens is 389 g/mol. The zero-order chi connectivity index (χ0) is 14.5. The summed E-state index contributed by atoms with van der Waals surface area (Å²) in [5.41, 5.74) is 6.49. The molecule has 4 N–H and O–H groups in total. The number of halogens is 2.